The van der Waals surface area contributed by atoms with E-state index < -0.39 is 36.3 Å². The molecule has 2 N–H and O–H groups in total. The second-order valence-electron chi connectivity index (χ2n) is 6.84. The molecule has 0 aliphatic carbocycles. The topological polar surface area (TPSA) is 85.4 Å². The van der Waals surface area contributed by atoms with Gasteiger partial charge in [0, 0.05) is 38.3 Å². The molecule has 1 atom stereocenters. The first kappa shape index (κ1) is 21.2. The average molecular weight is 428 g/mol. The van der Waals surface area contributed by atoms with Crippen molar-refractivity contribution in [3.05, 3.63) is 23.8 Å². The van der Waals surface area contributed by atoms with Gasteiger partial charge in [-0.25, -0.2) is 13.6 Å². The van der Waals surface area contributed by atoms with Crippen LogP contribution in [0.15, 0.2) is 12.1 Å². The summed E-state index contributed by atoms with van der Waals surface area (Å²) in [5, 5.41) is 11.8. The highest BCUT2D eigenvalue weighted by Crippen LogP contribution is 2.31. The third-order valence-corrected chi connectivity index (χ3v) is 4.99. The van der Waals surface area contributed by atoms with E-state index in [4.69, 9.17) is 22.1 Å². The standard InChI is InChI=1S/C18H22F2N4O4S/c1-11(29)21-8-13-9-24(18(27)28-13)12-6-14(19)17(15(20)7-12)23-4-2-22(3-5-23)16(26)10-25/h6-7,13,25H,2-5,8-10H2,1H3,(H,21,29). The van der Waals surface area contributed by atoms with Crippen molar-refractivity contribution in [1.82, 2.24) is 10.2 Å². The maximum Gasteiger partial charge on any atom is 0.414 e. The lowest BCUT2D eigenvalue weighted by molar-refractivity contribution is -0.134. The van der Waals surface area contributed by atoms with E-state index in [0.29, 0.717) is 11.5 Å². The van der Waals surface area contributed by atoms with Crippen LogP contribution in [0.5, 0.6) is 0 Å². The summed E-state index contributed by atoms with van der Waals surface area (Å²) in [5.41, 5.74) is -0.128. The molecule has 0 radical (unpaired) electrons. The first-order valence-electron chi connectivity index (χ1n) is 9.15. The van der Waals surface area contributed by atoms with Gasteiger partial charge < -0.3 is 25.0 Å². The Morgan fingerprint density at radius 2 is 1.90 bits per heavy atom. The molecular weight excluding hydrogens is 406 g/mol. The Bertz CT molecular complexity index is 794. The molecule has 158 valence electrons. The van der Waals surface area contributed by atoms with Gasteiger partial charge in [0.25, 0.3) is 0 Å². The SMILES string of the molecule is CC(=S)NCC1CN(c2cc(F)c(N3CCN(C(=O)CO)CC3)c(F)c2)C(=O)O1. The minimum Gasteiger partial charge on any atom is -0.442 e. The Balaban J connectivity index is 1.71. The summed E-state index contributed by atoms with van der Waals surface area (Å²) in [6, 6.07) is 2.20. The zero-order chi connectivity index (χ0) is 21.1. The van der Waals surface area contributed by atoms with Crippen molar-refractivity contribution in [2.75, 3.05) is 55.7 Å². The lowest BCUT2D eigenvalue weighted by Gasteiger charge is -2.36. The number of benzene rings is 1. The second kappa shape index (κ2) is 8.87. The van der Waals surface area contributed by atoms with E-state index in [0.717, 1.165) is 12.1 Å². The number of aliphatic hydroxyl groups excluding tert-OH is 1. The number of halogens is 2. The van der Waals surface area contributed by atoms with E-state index in [1.54, 1.807) is 6.92 Å². The highest BCUT2D eigenvalue weighted by Gasteiger charge is 2.34. The van der Waals surface area contributed by atoms with Crippen molar-refractivity contribution in [1.29, 1.82) is 0 Å². The Morgan fingerprint density at radius 3 is 2.45 bits per heavy atom. The van der Waals surface area contributed by atoms with Gasteiger partial charge in [0.2, 0.25) is 5.91 Å². The normalized spacial score (nSPS) is 19.4. The van der Waals surface area contributed by atoms with Crippen LogP contribution in [0, 0.1) is 11.6 Å². The van der Waals surface area contributed by atoms with Gasteiger partial charge in [0.1, 0.15) is 18.4 Å². The van der Waals surface area contributed by atoms with Crippen LogP contribution in [-0.4, -0.2) is 79.0 Å². The number of hydrogen-bond acceptors (Lipinski definition) is 6. The van der Waals surface area contributed by atoms with Gasteiger partial charge in [-0.2, -0.15) is 0 Å². The molecule has 29 heavy (non-hydrogen) atoms. The van der Waals surface area contributed by atoms with Gasteiger partial charge in [-0.05, 0) is 6.92 Å². The maximum absolute atomic E-state index is 14.7. The molecule has 2 heterocycles. The third-order valence-electron chi connectivity index (χ3n) is 4.85. The molecule has 2 saturated heterocycles. The molecule has 11 heteroatoms. The lowest BCUT2D eigenvalue weighted by Crippen LogP contribution is -2.50. The van der Waals surface area contributed by atoms with E-state index in [2.05, 4.69) is 5.32 Å². The Morgan fingerprint density at radius 1 is 1.28 bits per heavy atom. The number of piperazine rings is 1. The second-order valence-corrected chi connectivity index (χ2v) is 7.45. The van der Waals surface area contributed by atoms with Crippen molar-refractivity contribution >= 4 is 40.6 Å². The summed E-state index contributed by atoms with van der Waals surface area (Å²) < 4.78 is 34.7. The molecular formula is C18H22F2N4O4S. The molecule has 1 aromatic rings. The molecule has 8 nitrogen and oxygen atoms in total. The van der Waals surface area contributed by atoms with E-state index in [1.165, 1.54) is 14.7 Å². The molecule has 2 aliphatic rings. The van der Waals surface area contributed by atoms with Crippen LogP contribution in [0.1, 0.15) is 6.92 Å². The number of aliphatic hydroxyl groups is 1. The number of anilines is 2. The number of hydrogen-bond donors (Lipinski definition) is 2. The number of carbonyl (C=O) groups is 2. The number of carbonyl (C=O) groups excluding carboxylic acids is 2. The quantitative estimate of drug-likeness (QED) is 0.673. The molecule has 1 aromatic carbocycles. The van der Waals surface area contributed by atoms with Crippen LogP contribution in [-0.2, 0) is 9.53 Å². The zero-order valence-electron chi connectivity index (χ0n) is 15.9. The Kier molecular flexibility index (Phi) is 6.48. The summed E-state index contributed by atoms with van der Waals surface area (Å²) in [5.74, 6) is -2.02. The number of thiocarbonyl (C=S) groups is 1. The number of nitrogens with one attached hydrogen (secondary N) is 1. The predicted octanol–water partition coefficient (Wildman–Crippen LogP) is 0.868. The van der Waals surface area contributed by atoms with Crippen molar-refractivity contribution in [2.24, 2.45) is 0 Å². The van der Waals surface area contributed by atoms with Crippen molar-refractivity contribution < 1.29 is 28.2 Å². The van der Waals surface area contributed by atoms with Crippen molar-refractivity contribution in [2.45, 2.75) is 13.0 Å². The lowest BCUT2D eigenvalue weighted by atomic mass is 10.2. The van der Waals surface area contributed by atoms with Crippen LogP contribution < -0.4 is 15.1 Å². The maximum atomic E-state index is 14.7. The largest absolute Gasteiger partial charge is 0.442 e. The Labute approximate surface area is 172 Å². The molecule has 2 amide bonds. The van der Waals surface area contributed by atoms with Crippen LogP contribution in [0.4, 0.5) is 25.0 Å². The molecule has 2 fully saturated rings. The fraction of sp³-hybridized carbons (Fsp3) is 0.500. The molecule has 3 rings (SSSR count). The third kappa shape index (κ3) is 4.73. The average Bonchev–Trinajstić information content (AvgIpc) is 3.06. The van der Waals surface area contributed by atoms with E-state index in [9.17, 15) is 18.4 Å². The van der Waals surface area contributed by atoms with Gasteiger partial charge >= 0.3 is 6.09 Å². The van der Waals surface area contributed by atoms with Gasteiger partial charge in [0.15, 0.2) is 11.6 Å². The monoisotopic (exact) mass is 428 g/mol. The molecule has 1 unspecified atom stereocenters. The first-order valence-corrected chi connectivity index (χ1v) is 9.56. The first-order chi connectivity index (χ1) is 13.8. The van der Waals surface area contributed by atoms with E-state index >= 15 is 0 Å². The van der Waals surface area contributed by atoms with E-state index in [1.807, 2.05) is 0 Å². The van der Waals surface area contributed by atoms with Gasteiger partial charge in [-0.1, -0.05) is 12.2 Å². The highest BCUT2D eigenvalue weighted by molar-refractivity contribution is 7.80. The summed E-state index contributed by atoms with van der Waals surface area (Å²) >= 11 is 4.92. The zero-order valence-corrected chi connectivity index (χ0v) is 16.7. The molecule has 0 spiro atoms. The number of cyclic esters (lactones) is 1. The Hall–Kier alpha value is -2.53. The van der Waals surface area contributed by atoms with Crippen molar-refractivity contribution in [3.63, 3.8) is 0 Å². The summed E-state index contributed by atoms with van der Waals surface area (Å²) in [6.07, 6.45) is -1.16. The minimum atomic E-state index is -0.800. The number of ether oxygens (including phenoxy) is 1. The van der Waals surface area contributed by atoms with Gasteiger partial charge in [0.05, 0.1) is 23.8 Å². The fourth-order valence-electron chi connectivity index (χ4n) is 3.39. The number of rotatable bonds is 5. The highest BCUT2D eigenvalue weighted by atomic mass is 32.1. The van der Waals surface area contributed by atoms with Crippen LogP contribution >= 0.6 is 12.2 Å². The fourth-order valence-corrected chi connectivity index (χ4v) is 3.47. The van der Waals surface area contributed by atoms with Crippen molar-refractivity contribution in [3.8, 4) is 0 Å². The van der Waals surface area contributed by atoms with Gasteiger partial charge in [-0.3, -0.25) is 9.69 Å². The smallest absolute Gasteiger partial charge is 0.414 e. The van der Waals surface area contributed by atoms with Crippen LogP contribution in [0.2, 0.25) is 0 Å². The summed E-state index contributed by atoms with van der Waals surface area (Å²) in [6.45, 7) is 2.55. The molecule has 2 aliphatic heterocycles. The number of amides is 2. The van der Waals surface area contributed by atoms with Crippen LogP contribution in [0.3, 0.4) is 0 Å². The molecule has 0 saturated carbocycles. The number of nitrogens with zero attached hydrogens (tertiary/aromatic N) is 3. The predicted molar refractivity (Wildman–Crippen MR) is 106 cm³/mol. The van der Waals surface area contributed by atoms with Gasteiger partial charge in [-0.15, -0.1) is 0 Å². The summed E-state index contributed by atoms with van der Waals surface area (Å²) in [7, 11) is 0. The minimum absolute atomic E-state index is 0.0735. The molecule has 0 aromatic heterocycles. The van der Waals surface area contributed by atoms with E-state index in [-0.39, 0.29) is 44.1 Å². The van der Waals surface area contributed by atoms with Crippen LogP contribution in [0.25, 0.3) is 0 Å². The summed E-state index contributed by atoms with van der Waals surface area (Å²) in [4.78, 5) is 28.3. The molecule has 0 bridgehead atoms.